The molecule has 1 N–H and O–H groups in total. The molecule has 0 radical (unpaired) electrons. The van der Waals surface area contributed by atoms with Crippen LogP contribution in [0.1, 0.15) is 23.8 Å². The number of nitrogens with zero attached hydrogens (tertiary/aromatic N) is 2. The molecule has 1 unspecified atom stereocenters. The van der Waals surface area contributed by atoms with Crippen molar-refractivity contribution in [1.29, 1.82) is 0 Å². The molecule has 1 aromatic heterocycles. The van der Waals surface area contributed by atoms with E-state index in [-0.39, 0.29) is 5.69 Å². The normalized spacial score (nSPS) is 11.6. The van der Waals surface area contributed by atoms with E-state index in [9.17, 15) is 9.59 Å². The van der Waals surface area contributed by atoms with Crippen LogP contribution in [0.5, 0.6) is 5.75 Å². The zero-order chi connectivity index (χ0) is 19.2. The van der Waals surface area contributed by atoms with Gasteiger partial charge in [0.1, 0.15) is 5.75 Å². The number of carbonyl (C=O) groups is 2. The van der Waals surface area contributed by atoms with E-state index in [4.69, 9.17) is 9.47 Å². The van der Waals surface area contributed by atoms with E-state index in [0.717, 1.165) is 0 Å². The highest BCUT2D eigenvalue weighted by Crippen LogP contribution is 2.23. The van der Waals surface area contributed by atoms with Gasteiger partial charge in [0.15, 0.2) is 11.8 Å². The van der Waals surface area contributed by atoms with Crippen LogP contribution in [-0.4, -0.2) is 35.1 Å². The van der Waals surface area contributed by atoms with E-state index in [1.165, 1.54) is 13.3 Å². The third-order valence-corrected chi connectivity index (χ3v) is 3.94. The summed E-state index contributed by atoms with van der Waals surface area (Å²) in [7, 11) is 1.51. The van der Waals surface area contributed by atoms with Gasteiger partial charge in [0.2, 0.25) is 0 Å². The standard InChI is InChI=1S/C20H19N3O4/c1-3-17(19(24)23-15-10-6-7-11-18(15)26-2)27-20(25)16-12-21-13-8-4-5-9-14(13)22-16/h4-12,17H,3H2,1-2H3,(H,23,24). The lowest BCUT2D eigenvalue weighted by atomic mass is 10.2. The lowest BCUT2D eigenvalue weighted by molar-refractivity contribution is -0.124. The van der Waals surface area contributed by atoms with Crippen molar-refractivity contribution < 1.29 is 19.1 Å². The molecule has 0 aliphatic heterocycles. The summed E-state index contributed by atoms with van der Waals surface area (Å²) in [4.78, 5) is 33.4. The number of hydrogen-bond acceptors (Lipinski definition) is 6. The predicted molar refractivity (Wildman–Crippen MR) is 101 cm³/mol. The van der Waals surface area contributed by atoms with Gasteiger partial charge in [-0.05, 0) is 30.7 Å². The Balaban J connectivity index is 1.73. The number of anilines is 1. The lowest BCUT2D eigenvalue weighted by Gasteiger charge is -2.17. The number of rotatable bonds is 6. The molecule has 3 aromatic rings. The van der Waals surface area contributed by atoms with E-state index in [1.54, 1.807) is 43.3 Å². The Morgan fingerprint density at radius 1 is 1.07 bits per heavy atom. The van der Waals surface area contributed by atoms with Gasteiger partial charge in [-0.25, -0.2) is 9.78 Å². The highest BCUT2D eigenvalue weighted by Gasteiger charge is 2.24. The smallest absolute Gasteiger partial charge is 0.359 e. The average molecular weight is 365 g/mol. The van der Waals surface area contributed by atoms with Crippen molar-refractivity contribution in [2.75, 3.05) is 12.4 Å². The van der Waals surface area contributed by atoms with Gasteiger partial charge in [0, 0.05) is 0 Å². The summed E-state index contributed by atoms with van der Waals surface area (Å²) in [6.07, 6.45) is 0.694. The monoisotopic (exact) mass is 365 g/mol. The summed E-state index contributed by atoms with van der Waals surface area (Å²) in [5.74, 6) is -0.619. The number of aromatic nitrogens is 2. The summed E-state index contributed by atoms with van der Waals surface area (Å²) < 4.78 is 10.6. The van der Waals surface area contributed by atoms with Crippen molar-refractivity contribution in [3.05, 3.63) is 60.4 Å². The minimum Gasteiger partial charge on any atom is -0.495 e. The van der Waals surface area contributed by atoms with E-state index in [0.29, 0.717) is 28.9 Å². The summed E-state index contributed by atoms with van der Waals surface area (Å²) >= 11 is 0. The summed E-state index contributed by atoms with van der Waals surface area (Å²) in [6, 6.07) is 14.2. The van der Waals surface area contributed by atoms with Crippen LogP contribution >= 0.6 is 0 Å². The van der Waals surface area contributed by atoms with Gasteiger partial charge < -0.3 is 14.8 Å². The Morgan fingerprint density at radius 2 is 1.78 bits per heavy atom. The number of ether oxygens (including phenoxy) is 2. The first kappa shape index (κ1) is 18.3. The Labute approximate surface area is 156 Å². The first-order valence-corrected chi connectivity index (χ1v) is 8.49. The van der Waals surface area contributed by atoms with E-state index >= 15 is 0 Å². The second kappa shape index (κ2) is 8.27. The Morgan fingerprint density at radius 3 is 2.52 bits per heavy atom. The molecule has 1 amide bonds. The van der Waals surface area contributed by atoms with Crippen molar-refractivity contribution in [2.45, 2.75) is 19.4 Å². The summed E-state index contributed by atoms with van der Waals surface area (Å²) in [6.45, 7) is 1.76. The molecule has 7 nitrogen and oxygen atoms in total. The number of nitrogens with one attached hydrogen (secondary N) is 1. The van der Waals surface area contributed by atoms with Crippen LogP contribution in [0.3, 0.4) is 0 Å². The molecule has 1 heterocycles. The van der Waals surface area contributed by atoms with Crippen LogP contribution < -0.4 is 10.1 Å². The fourth-order valence-corrected chi connectivity index (χ4v) is 2.53. The molecule has 0 aliphatic carbocycles. The third kappa shape index (κ3) is 4.20. The van der Waals surface area contributed by atoms with Gasteiger partial charge in [-0.15, -0.1) is 0 Å². The lowest BCUT2D eigenvalue weighted by Crippen LogP contribution is -2.32. The van der Waals surface area contributed by atoms with Gasteiger partial charge in [0.05, 0.1) is 30.0 Å². The molecule has 0 fully saturated rings. The summed E-state index contributed by atoms with van der Waals surface area (Å²) in [5, 5.41) is 2.72. The SMILES string of the molecule is CCC(OC(=O)c1cnc2ccccc2n1)C(=O)Nc1ccccc1OC. The van der Waals surface area contributed by atoms with Gasteiger partial charge in [-0.2, -0.15) is 0 Å². The molecule has 0 aliphatic rings. The molecule has 0 saturated carbocycles. The molecular weight excluding hydrogens is 346 g/mol. The van der Waals surface area contributed by atoms with Gasteiger partial charge >= 0.3 is 5.97 Å². The molecule has 0 saturated heterocycles. The molecule has 27 heavy (non-hydrogen) atoms. The van der Waals surface area contributed by atoms with Crippen LogP contribution in [0.4, 0.5) is 5.69 Å². The predicted octanol–water partition coefficient (Wildman–Crippen LogP) is 3.21. The van der Waals surface area contributed by atoms with Crippen LogP contribution in [0.15, 0.2) is 54.7 Å². The topological polar surface area (TPSA) is 90.4 Å². The quantitative estimate of drug-likeness (QED) is 0.675. The highest BCUT2D eigenvalue weighted by atomic mass is 16.5. The zero-order valence-corrected chi connectivity index (χ0v) is 15.0. The molecule has 2 aromatic carbocycles. The maximum absolute atomic E-state index is 12.5. The molecule has 138 valence electrons. The Hall–Kier alpha value is -3.48. The second-order valence-electron chi connectivity index (χ2n) is 5.74. The number of hydrogen-bond donors (Lipinski definition) is 1. The van der Waals surface area contributed by atoms with Crippen LogP contribution in [0, 0.1) is 0 Å². The van der Waals surface area contributed by atoms with E-state index in [1.807, 2.05) is 12.1 Å². The van der Waals surface area contributed by atoms with Gasteiger partial charge in [-0.1, -0.05) is 31.2 Å². The minimum atomic E-state index is -0.962. The first-order chi connectivity index (χ1) is 13.1. The van der Waals surface area contributed by atoms with Crippen molar-refractivity contribution in [3.8, 4) is 5.75 Å². The maximum atomic E-state index is 12.5. The maximum Gasteiger partial charge on any atom is 0.359 e. The number of benzene rings is 2. The van der Waals surface area contributed by atoms with Crippen molar-refractivity contribution in [1.82, 2.24) is 9.97 Å². The Kier molecular flexibility index (Phi) is 5.61. The van der Waals surface area contributed by atoms with E-state index in [2.05, 4.69) is 15.3 Å². The number of para-hydroxylation sites is 4. The van der Waals surface area contributed by atoms with Crippen LogP contribution in [0.2, 0.25) is 0 Å². The number of fused-ring (bicyclic) bond motifs is 1. The van der Waals surface area contributed by atoms with E-state index < -0.39 is 18.0 Å². The zero-order valence-electron chi connectivity index (χ0n) is 15.0. The number of amides is 1. The van der Waals surface area contributed by atoms with Crippen LogP contribution in [-0.2, 0) is 9.53 Å². The third-order valence-electron chi connectivity index (χ3n) is 3.94. The second-order valence-corrected chi connectivity index (χ2v) is 5.74. The number of methoxy groups -OCH3 is 1. The molecular formula is C20H19N3O4. The largest absolute Gasteiger partial charge is 0.495 e. The van der Waals surface area contributed by atoms with Gasteiger partial charge in [0.25, 0.3) is 5.91 Å². The highest BCUT2D eigenvalue weighted by molar-refractivity contribution is 5.98. The Bertz CT molecular complexity index is 974. The van der Waals surface area contributed by atoms with Crippen LogP contribution in [0.25, 0.3) is 11.0 Å². The average Bonchev–Trinajstić information content (AvgIpc) is 2.71. The molecule has 1 atom stereocenters. The van der Waals surface area contributed by atoms with Gasteiger partial charge in [-0.3, -0.25) is 9.78 Å². The fourth-order valence-electron chi connectivity index (χ4n) is 2.53. The molecule has 3 rings (SSSR count). The van der Waals surface area contributed by atoms with Crippen molar-refractivity contribution in [2.24, 2.45) is 0 Å². The number of carbonyl (C=O) groups excluding carboxylic acids is 2. The number of esters is 1. The molecule has 0 bridgehead atoms. The van der Waals surface area contributed by atoms with Crippen molar-refractivity contribution in [3.63, 3.8) is 0 Å². The first-order valence-electron chi connectivity index (χ1n) is 8.49. The molecule has 0 spiro atoms. The summed E-state index contributed by atoms with van der Waals surface area (Å²) in [5.41, 5.74) is 1.82. The van der Waals surface area contributed by atoms with Crippen molar-refractivity contribution >= 4 is 28.6 Å². The minimum absolute atomic E-state index is 0.0530. The fraction of sp³-hybridized carbons (Fsp3) is 0.200. The molecule has 7 heteroatoms.